The van der Waals surface area contributed by atoms with Gasteiger partial charge in [-0.2, -0.15) is 18.3 Å². The van der Waals surface area contributed by atoms with Crippen LogP contribution in [0.3, 0.4) is 0 Å². The molecule has 1 aliphatic carbocycles. The van der Waals surface area contributed by atoms with Gasteiger partial charge in [-0.25, -0.2) is 9.78 Å². The number of fused-ring (bicyclic) bond motifs is 4. The molecule has 3 aliphatic heterocycles. The molecule has 3 aromatic heterocycles. The Morgan fingerprint density at radius 1 is 0.915 bits per heavy atom. The minimum atomic E-state index is -4.69. The third-order valence-corrected chi connectivity index (χ3v) is 12.6. The van der Waals surface area contributed by atoms with Gasteiger partial charge in [0.2, 0.25) is 5.91 Å². The average molecular weight is 810 g/mol. The van der Waals surface area contributed by atoms with Crippen molar-refractivity contribution in [3.8, 4) is 0 Å². The summed E-state index contributed by atoms with van der Waals surface area (Å²) in [7, 11) is 0. The van der Waals surface area contributed by atoms with E-state index in [4.69, 9.17) is 5.10 Å². The van der Waals surface area contributed by atoms with Crippen LogP contribution in [0.1, 0.15) is 86.6 Å². The largest absolute Gasteiger partial charge is 0.433 e. The molecule has 4 aliphatic rings. The summed E-state index contributed by atoms with van der Waals surface area (Å²) in [5.74, 6) is -0.519. The maximum Gasteiger partial charge on any atom is 0.433 e. The Morgan fingerprint density at radius 3 is 2.36 bits per heavy atom. The van der Waals surface area contributed by atoms with Gasteiger partial charge in [-0.15, -0.1) is 0 Å². The maximum atomic E-state index is 13.3. The Balaban J connectivity index is 0.853. The number of pyridine rings is 2. The van der Waals surface area contributed by atoms with Crippen molar-refractivity contribution in [3.05, 3.63) is 84.1 Å². The zero-order chi connectivity index (χ0) is 41.2. The van der Waals surface area contributed by atoms with E-state index in [0.717, 1.165) is 92.1 Å². The van der Waals surface area contributed by atoms with E-state index < -0.39 is 29.4 Å². The molecule has 2 atom stereocenters. The minimum Gasteiger partial charge on any atom is -0.386 e. The second-order valence-electron chi connectivity index (χ2n) is 16.9. The van der Waals surface area contributed by atoms with E-state index in [2.05, 4.69) is 36.5 Å². The lowest BCUT2D eigenvalue weighted by Gasteiger charge is -2.44. The molecule has 5 aromatic rings. The van der Waals surface area contributed by atoms with Crippen LogP contribution in [-0.4, -0.2) is 85.9 Å². The fraction of sp³-hybridized carbons (Fsp3) is 0.442. The fourth-order valence-corrected chi connectivity index (χ4v) is 9.62. The summed E-state index contributed by atoms with van der Waals surface area (Å²) in [6, 6.07) is 13.5. The van der Waals surface area contributed by atoms with Crippen LogP contribution in [0.5, 0.6) is 0 Å². The molecule has 4 fully saturated rings. The lowest BCUT2D eigenvalue weighted by Crippen LogP contribution is -2.55. The molecule has 2 aromatic carbocycles. The molecule has 6 heterocycles. The van der Waals surface area contributed by atoms with Gasteiger partial charge in [0.1, 0.15) is 11.4 Å². The SMILES string of the molecule is CC(C)(O)c1cc2nn([C@H]3CC[C@H](CN4C5CCC4CN(c4cccc6c(N7CCC(=O)NC7=O)cncc46)C5)CC3)cc2cc1NC(=O)c1cccc(C(F)(F)F)n1. The molecule has 0 radical (unpaired) electrons. The van der Waals surface area contributed by atoms with Crippen LogP contribution in [0.2, 0.25) is 0 Å². The lowest BCUT2D eigenvalue weighted by atomic mass is 9.85. The molecular weight excluding hydrogens is 764 g/mol. The number of rotatable bonds is 8. The van der Waals surface area contributed by atoms with Crippen LogP contribution in [0.4, 0.5) is 35.0 Å². The molecule has 2 unspecified atom stereocenters. The number of anilines is 3. The number of nitrogens with zero attached hydrogens (tertiary/aromatic N) is 7. The van der Waals surface area contributed by atoms with E-state index in [1.54, 1.807) is 37.1 Å². The number of hydrogen-bond acceptors (Lipinski definition) is 9. The van der Waals surface area contributed by atoms with Gasteiger partial charge < -0.3 is 15.3 Å². The zero-order valence-corrected chi connectivity index (χ0v) is 32.9. The number of nitrogens with one attached hydrogen (secondary N) is 2. The second-order valence-corrected chi connectivity index (χ2v) is 16.9. The summed E-state index contributed by atoms with van der Waals surface area (Å²) in [6.45, 7) is 6.37. The van der Waals surface area contributed by atoms with Crippen LogP contribution in [0, 0.1) is 5.92 Å². The van der Waals surface area contributed by atoms with Crippen LogP contribution < -0.4 is 20.4 Å². The number of carbonyl (C=O) groups excluding carboxylic acids is 3. The zero-order valence-electron chi connectivity index (χ0n) is 32.9. The number of benzene rings is 2. The summed E-state index contributed by atoms with van der Waals surface area (Å²) >= 11 is 0. The summed E-state index contributed by atoms with van der Waals surface area (Å²) < 4.78 is 41.8. The number of piperazine rings is 1. The van der Waals surface area contributed by atoms with Gasteiger partial charge in [0.15, 0.2) is 0 Å². The Hall–Kier alpha value is -5.61. The van der Waals surface area contributed by atoms with Gasteiger partial charge in [0.25, 0.3) is 5.91 Å². The van der Waals surface area contributed by atoms with Crippen LogP contribution >= 0.6 is 0 Å². The van der Waals surface area contributed by atoms with Crippen molar-refractivity contribution in [1.82, 2.24) is 30.0 Å². The lowest BCUT2D eigenvalue weighted by molar-refractivity contribution is -0.141. The molecule has 4 amide bonds. The topological polar surface area (TPSA) is 149 Å². The van der Waals surface area contributed by atoms with Crippen molar-refractivity contribution in [1.29, 1.82) is 0 Å². The molecule has 0 spiro atoms. The number of alkyl halides is 3. The summed E-state index contributed by atoms with van der Waals surface area (Å²) in [5.41, 5.74) is 0.222. The summed E-state index contributed by atoms with van der Waals surface area (Å²) in [6.07, 6.45) is 7.44. The van der Waals surface area contributed by atoms with E-state index in [-0.39, 0.29) is 29.8 Å². The van der Waals surface area contributed by atoms with Crippen molar-refractivity contribution in [2.75, 3.05) is 41.3 Å². The van der Waals surface area contributed by atoms with Gasteiger partial charge in [-0.3, -0.25) is 34.4 Å². The van der Waals surface area contributed by atoms with Gasteiger partial charge in [-0.1, -0.05) is 18.2 Å². The Labute approximate surface area is 338 Å². The molecule has 3 saturated heterocycles. The maximum absolute atomic E-state index is 13.3. The minimum absolute atomic E-state index is 0.187. The van der Waals surface area contributed by atoms with Crippen molar-refractivity contribution in [3.63, 3.8) is 0 Å². The number of amides is 4. The quantitative estimate of drug-likeness (QED) is 0.151. The normalized spacial score (nSPS) is 22.9. The van der Waals surface area contributed by atoms with Gasteiger partial charge in [-0.05, 0) is 88.6 Å². The Kier molecular flexibility index (Phi) is 9.81. The number of halogens is 3. The Morgan fingerprint density at radius 2 is 1.64 bits per heavy atom. The third-order valence-electron chi connectivity index (χ3n) is 12.6. The van der Waals surface area contributed by atoms with E-state index in [1.807, 2.05) is 29.2 Å². The second kappa shape index (κ2) is 14.9. The highest BCUT2D eigenvalue weighted by Crippen LogP contribution is 2.41. The van der Waals surface area contributed by atoms with Crippen LogP contribution in [0.15, 0.2) is 67.1 Å². The number of urea groups is 1. The number of aromatic nitrogens is 4. The van der Waals surface area contributed by atoms with E-state index in [1.165, 1.54) is 6.07 Å². The molecular formula is C43H46F3N9O4. The monoisotopic (exact) mass is 809 g/mol. The molecule has 9 rings (SSSR count). The molecule has 2 bridgehead atoms. The fourth-order valence-electron chi connectivity index (χ4n) is 9.62. The highest BCUT2D eigenvalue weighted by Gasteiger charge is 2.42. The first kappa shape index (κ1) is 38.9. The highest BCUT2D eigenvalue weighted by atomic mass is 19.4. The molecule has 59 heavy (non-hydrogen) atoms. The van der Waals surface area contributed by atoms with Gasteiger partial charge >= 0.3 is 12.2 Å². The summed E-state index contributed by atoms with van der Waals surface area (Å²) in [4.78, 5) is 52.5. The highest BCUT2D eigenvalue weighted by molar-refractivity contribution is 6.11. The number of imide groups is 1. The molecule has 16 heteroatoms. The van der Waals surface area contributed by atoms with Crippen LogP contribution in [0.25, 0.3) is 21.7 Å². The third kappa shape index (κ3) is 7.59. The number of carbonyl (C=O) groups is 3. The molecule has 1 saturated carbocycles. The van der Waals surface area contributed by atoms with Crippen molar-refractivity contribution < 1.29 is 32.7 Å². The van der Waals surface area contributed by atoms with Crippen molar-refractivity contribution >= 4 is 56.6 Å². The van der Waals surface area contributed by atoms with Gasteiger partial charge in [0.05, 0.1) is 29.0 Å². The van der Waals surface area contributed by atoms with Gasteiger partial charge in [0, 0.05) is 90.2 Å². The van der Waals surface area contributed by atoms with Crippen molar-refractivity contribution in [2.45, 2.75) is 88.7 Å². The average Bonchev–Trinajstić information content (AvgIpc) is 3.71. The van der Waals surface area contributed by atoms with E-state index in [9.17, 15) is 32.7 Å². The summed E-state index contributed by atoms with van der Waals surface area (Å²) in [5, 5.41) is 23.7. The standard InChI is InChI=1S/C43H46F3N9O4/c1-42(2,59)32-18-34-26(17-35(32)49-40(57)33-6-4-8-38(48-33)43(44,45)46)22-55(51-34)27-11-9-25(10-12-27)21-54-28-13-14-29(54)24-52(23-28)36-7-3-5-30-31(36)19-47-20-37(30)53-16-15-39(56)50-41(53)58/h3-8,17-20,22,25,27-29,59H,9-16,21,23-24H2,1-2H3,(H,49,57)(H,50,56,58)/t25-,27-,28?,29?. The first-order valence-electron chi connectivity index (χ1n) is 20.3. The molecule has 3 N–H and O–H groups in total. The predicted molar refractivity (Wildman–Crippen MR) is 216 cm³/mol. The van der Waals surface area contributed by atoms with Crippen LogP contribution in [-0.2, 0) is 16.6 Å². The first-order valence-corrected chi connectivity index (χ1v) is 20.3. The van der Waals surface area contributed by atoms with E-state index in [0.29, 0.717) is 41.3 Å². The molecule has 13 nitrogen and oxygen atoms in total. The molecule has 308 valence electrons. The van der Waals surface area contributed by atoms with Crippen molar-refractivity contribution in [2.24, 2.45) is 5.92 Å². The first-order chi connectivity index (χ1) is 28.2. The number of aliphatic hydroxyl groups is 1. The Bertz CT molecular complexity index is 2440. The predicted octanol–water partition coefficient (Wildman–Crippen LogP) is 7.01. The number of hydrogen-bond donors (Lipinski definition) is 3. The smallest absolute Gasteiger partial charge is 0.386 e. The van der Waals surface area contributed by atoms with E-state index >= 15 is 0 Å².